The quantitative estimate of drug-likeness (QED) is 0.161. The first-order valence-electron chi connectivity index (χ1n) is 21.4. The fourth-order valence-corrected chi connectivity index (χ4v) is 9.23. The Morgan fingerprint density at radius 3 is 1.54 bits per heavy atom. The van der Waals surface area contributed by atoms with Gasteiger partial charge in [-0.3, -0.25) is 0 Å². The van der Waals surface area contributed by atoms with Gasteiger partial charge in [0.15, 0.2) is 5.82 Å². The number of hydrogen-bond acceptors (Lipinski definition) is 3. The van der Waals surface area contributed by atoms with Crippen molar-refractivity contribution >= 4 is 43.5 Å². The molecule has 4 heteroatoms. The van der Waals surface area contributed by atoms with Gasteiger partial charge < -0.3 is 4.57 Å². The highest BCUT2D eigenvalue weighted by atomic mass is 15.0. The minimum absolute atomic E-state index is 0.698. The van der Waals surface area contributed by atoms with Gasteiger partial charge in [-0.15, -0.1) is 0 Å². The molecule has 0 atom stereocenters. The smallest absolute Gasteiger partial charge is 0.160 e. The van der Waals surface area contributed by atoms with Crippen LogP contribution in [-0.4, -0.2) is 19.5 Å². The van der Waals surface area contributed by atoms with Crippen LogP contribution < -0.4 is 0 Å². The lowest BCUT2D eigenvalue weighted by Crippen LogP contribution is -1.97. The molecule has 3 aromatic heterocycles. The zero-order chi connectivity index (χ0) is 41.7. The number of pyridine rings is 1. The summed E-state index contributed by atoms with van der Waals surface area (Å²) in [6, 6.07) is 81.5. The van der Waals surface area contributed by atoms with Gasteiger partial charge in [-0.05, 0) is 63.4 Å². The highest BCUT2D eigenvalue weighted by Gasteiger charge is 2.21. The molecule has 0 aliphatic carbocycles. The molecule has 0 amide bonds. The van der Waals surface area contributed by atoms with Crippen molar-refractivity contribution in [3.8, 4) is 73.1 Å². The van der Waals surface area contributed by atoms with Gasteiger partial charge in [0.05, 0.1) is 33.6 Å². The second-order valence-corrected chi connectivity index (χ2v) is 15.9. The zero-order valence-electron chi connectivity index (χ0n) is 34.2. The molecule has 0 aliphatic rings. The van der Waals surface area contributed by atoms with Crippen LogP contribution in [0.5, 0.6) is 0 Å². The maximum atomic E-state index is 5.27. The average Bonchev–Trinajstić information content (AvgIpc) is 3.72. The molecule has 3 heterocycles. The van der Waals surface area contributed by atoms with E-state index in [1.54, 1.807) is 0 Å². The number of hydrogen-bond donors (Lipinski definition) is 0. The van der Waals surface area contributed by atoms with Crippen LogP contribution in [0.4, 0.5) is 0 Å². The second-order valence-electron chi connectivity index (χ2n) is 15.9. The van der Waals surface area contributed by atoms with Crippen molar-refractivity contribution in [2.45, 2.75) is 0 Å². The Kier molecular flexibility index (Phi) is 8.79. The molecule has 0 spiro atoms. The Labute approximate surface area is 365 Å². The van der Waals surface area contributed by atoms with Gasteiger partial charge in [0, 0.05) is 44.1 Å². The third kappa shape index (κ3) is 6.36. The fourth-order valence-electron chi connectivity index (χ4n) is 9.23. The van der Waals surface area contributed by atoms with Crippen molar-refractivity contribution in [1.29, 1.82) is 0 Å². The van der Waals surface area contributed by atoms with E-state index < -0.39 is 0 Å². The normalized spacial score (nSPS) is 11.5. The summed E-state index contributed by atoms with van der Waals surface area (Å²) in [6.07, 6.45) is 0. The van der Waals surface area contributed by atoms with E-state index in [0.29, 0.717) is 5.82 Å². The third-order valence-electron chi connectivity index (χ3n) is 12.2. The molecule has 63 heavy (non-hydrogen) atoms. The molecule has 0 saturated heterocycles. The van der Waals surface area contributed by atoms with E-state index in [1.807, 2.05) is 24.3 Å². The molecular formula is C59H38N4. The van der Waals surface area contributed by atoms with E-state index in [4.69, 9.17) is 15.0 Å². The molecule has 0 fully saturated rings. The van der Waals surface area contributed by atoms with E-state index in [-0.39, 0.29) is 0 Å². The first kappa shape index (κ1) is 36.4. The zero-order valence-corrected chi connectivity index (χ0v) is 34.2. The largest absolute Gasteiger partial charge is 0.308 e. The molecule has 0 radical (unpaired) electrons. The van der Waals surface area contributed by atoms with Crippen LogP contribution in [0.15, 0.2) is 231 Å². The molecule has 0 aliphatic heterocycles. The van der Waals surface area contributed by atoms with E-state index in [2.05, 4.69) is 211 Å². The maximum Gasteiger partial charge on any atom is 0.160 e. The highest BCUT2D eigenvalue weighted by molar-refractivity contribution is 6.22. The first-order valence-corrected chi connectivity index (χ1v) is 21.4. The van der Waals surface area contributed by atoms with Crippen molar-refractivity contribution in [3.05, 3.63) is 231 Å². The van der Waals surface area contributed by atoms with Crippen LogP contribution in [0.3, 0.4) is 0 Å². The minimum atomic E-state index is 0.698. The van der Waals surface area contributed by atoms with Crippen molar-refractivity contribution in [2.24, 2.45) is 0 Å². The topological polar surface area (TPSA) is 43.6 Å². The monoisotopic (exact) mass is 802 g/mol. The summed E-state index contributed by atoms with van der Waals surface area (Å²) in [5.41, 5.74) is 16.0. The molecule has 0 N–H and O–H groups in total. The molecule has 12 aromatic rings. The highest BCUT2D eigenvalue weighted by Crippen LogP contribution is 2.42. The van der Waals surface area contributed by atoms with Crippen molar-refractivity contribution in [3.63, 3.8) is 0 Å². The van der Waals surface area contributed by atoms with Gasteiger partial charge in [0.25, 0.3) is 0 Å². The Morgan fingerprint density at radius 1 is 0.317 bits per heavy atom. The van der Waals surface area contributed by atoms with Gasteiger partial charge in [-0.2, -0.15) is 0 Å². The van der Waals surface area contributed by atoms with Crippen LogP contribution in [0, 0.1) is 0 Å². The lowest BCUT2D eigenvalue weighted by Gasteiger charge is -2.15. The predicted octanol–water partition coefficient (Wildman–Crippen LogP) is 15.3. The Balaban J connectivity index is 0.980. The predicted molar refractivity (Wildman–Crippen MR) is 262 cm³/mol. The Bertz CT molecular complexity index is 3630. The summed E-state index contributed by atoms with van der Waals surface area (Å²) >= 11 is 0. The molecular weight excluding hydrogens is 765 g/mol. The summed E-state index contributed by atoms with van der Waals surface area (Å²) < 4.78 is 2.42. The number of nitrogens with zero attached hydrogens (tertiary/aromatic N) is 4. The van der Waals surface area contributed by atoms with E-state index in [0.717, 1.165) is 94.2 Å². The minimum Gasteiger partial charge on any atom is -0.308 e. The van der Waals surface area contributed by atoms with Crippen molar-refractivity contribution in [1.82, 2.24) is 19.5 Å². The SMILES string of the molecule is c1ccc(-c2ccc(-c3cc(-c4ccc(-c5ccc(-n6c7ccccc7c7c(-c8ccccc8)nc8ccccc8c76)cc5)c5ccccc45)nc(-c4ccccc4)n3)cc2)cc1. The summed E-state index contributed by atoms with van der Waals surface area (Å²) in [6.45, 7) is 0. The number of rotatable bonds is 7. The Hall–Kier alpha value is -8.47. The average molecular weight is 803 g/mol. The van der Waals surface area contributed by atoms with Gasteiger partial charge in [0.1, 0.15) is 0 Å². The third-order valence-corrected chi connectivity index (χ3v) is 12.2. The standard InChI is InChI=1S/C59H38N4/c1-4-16-39(17-5-1)40-28-30-42(31-29-40)53-38-54(62-59(61-53)44-20-8-3-9-21-44)49-37-36-46(47-22-10-11-23-48(47)49)41-32-34-45(35-33-41)63-55-27-15-13-25-51(55)56-57(43-18-6-2-7-19-43)60-52-26-14-12-24-50(52)58(56)63/h1-38H. The van der Waals surface area contributed by atoms with Gasteiger partial charge in [-0.1, -0.05) is 200 Å². The first-order chi connectivity index (χ1) is 31.2. The lowest BCUT2D eigenvalue weighted by molar-refractivity contribution is 1.18. The molecule has 294 valence electrons. The molecule has 9 aromatic carbocycles. The van der Waals surface area contributed by atoms with Gasteiger partial charge >= 0.3 is 0 Å². The van der Waals surface area contributed by atoms with Crippen LogP contribution >= 0.6 is 0 Å². The lowest BCUT2D eigenvalue weighted by atomic mass is 9.93. The number of para-hydroxylation sites is 2. The van der Waals surface area contributed by atoms with Gasteiger partial charge in [-0.25, -0.2) is 15.0 Å². The fraction of sp³-hybridized carbons (Fsp3) is 0. The number of fused-ring (bicyclic) bond motifs is 6. The van der Waals surface area contributed by atoms with E-state index in [1.165, 1.54) is 16.5 Å². The maximum absolute atomic E-state index is 5.27. The summed E-state index contributed by atoms with van der Waals surface area (Å²) in [7, 11) is 0. The second kappa shape index (κ2) is 15.2. The van der Waals surface area contributed by atoms with Crippen LogP contribution in [-0.2, 0) is 0 Å². The van der Waals surface area contributed by atoms with Gasteiger partial charge in [0.2, 0.25) is 0 Å². The number of benzene rings is 9. The summed E-state index contributed by atoms with van der Waals surface area (Å²) in [4.78, 5) is 15.6. The Morgan fingerprint density at radius 2 is 0.825 bits per heavy atom. The van der Waals surface area contributed by atoms with E-state index in [9.17, 15) is 0 Å². The van der Waals surface area contributed by atoms with Crippen molar-refractivity contribution < 1.29 is 0 Å². The molecule has 12 rings (SSSR count). The molecule has 0 bridgehead atoms. The van der Waals surface area contributed by atoms with Crippen LogP contribution in [0.1, 0.15) is 0 Å². The van der Waals surface area contributed by atoms with Crippen LogP contribution in [0.2, 0.25) is 0 Å². The van der Waals surface area contributed by atoms with E-state index >= 15 is 0 Å². The van der Waals surface area contributed by atoms with Crippen LogP contribution in [0.25, 0.3) is 117 Å². The molecule has 0 saturated carbocycles. The summed E-state index contributed by atoms with van der Waals surface area (Å²) in [5.74, 6) is 0.698. The van der Waals surface area contributed by atoms with Crippen molar-refractivity contribution in [2.75, 3.05) is 0 Å². The number of aromatic nitrogens is 4. The molecule has 4 nitrogen and oxygen atoms in total. The summed E-state index contributed by atoms with van der Waals surface area (Å²) in [5, 5.41) is 5.77. The molecule has 0 unspecified atom stereocenters.